The molecule has 0 bridgehead atoms. The summed E-state index contributed by atoms with van der Waals surface area (Å²) in [7, 11) is 0. The third-order valence-corrected chi connectivity index (χ3v) is 3.11. The van der Waals surface area contributed by atoms with Crippen molar-refractivity contribution in [2.75, 3.05) is 18.5 Å². The van der Waals surface area contributed by atoms with Crippen LogP contribution in [0.3, 0.4) is 0 Å². The summed E-state index contributed by atoms with van der Waals surface area (Å²) >= 11 is 0. The summed E-state index contributed by atoms with van der Waals surface area (Å²) in [6.45, 7) is 0.461. The second-order valence-electron chi connectivity index (χ2n) is 5.09. The lowest BCUT2D eigenvalue weighted by atomic mass is 10.2. The topological polar surface area (TPSA) is 90.7 Å². The van der Waals surface area contributed by atoms with Crippen LogP contribution in [0.2, 0.25) is 0 Å². The first-order chi connectivity index (χ1) is 11.6. The summed E-state index contributed by atoms with van der Waals surface area (Å²) in [5.74, 6) is -0.238. The number of hydrogen-bond acceptors (Lipinski definition) is 4. The van der Waals surface area contributed by atoms with E-state index < -0.39 is 5.91 Å². The molecule has 0 saturated heterocycles. The standard InChI is InChI=1S/C18H20N2O4/c19-17(21)10-11-24-16-9-5-4-8-15(16)20-18(22)13-23-12-14-6-2-1-3-7-14/h1-9H,10-13H2,(H2,19,21)(H,20,22). The van der Waals surface area contributed by atoms with Gasteiger partial charge in [0.15, 0.2) is 0 Å². The lowest BCUT2D eigenvalue weighted by molar-refractivity contribution is -0.121. The minimum absolute atomic E-state index is 0.0650. The van der Waals surface area contributed by atoms with Crippen LogP contribution in [0.1, 0.15) is 12.0 Å². The number of nitrogens with two attached hydrogens (primary N) is 1. The highest BCUT2D eigenvalue weighted by Crippen LogP contribution is 2.23. The molecule has 3 N–H and O–H groups in total. The number of primary amides is 1. The predicted molar refractivity (Wildman–Crippen MR) is 90.5 cm³/mol. The molecule has 0 unspecified atom stereocenters. The van der Waals surface area contributed by atoms with Gasteiger partial charge in [0, 0.05) is 0 Å². The molecule has 2 rings (SSSR count). The van der Waals surface area contributed by atoms with Crippen LogP contribution < -0.4 is 15.8 Å². The number of benzene rings is 2. The zero-order valence-electron chi connectivity index (χ0n) is 13.2. The van der Waals surface area contributed by atoms with Gasteiger partial charge in [0.25, 0.3) is 0 Å². The number of anilines is 1. The van der Waals surface area contributed by atoms with Crippen molar-refractivity contribution in [3.63, 3.8) is 0 Å². The second kappa shape index (κ2) is 9.32. The highest BCUT2D eigenvalue weighted by Gasteiger charge is 2.08. The average molecular weight is 328 g/mol. The zero-order chi connectivity index (χ0) is 17.2. The second-order valence-corrected chi connectivity index (χ2v) is 5.09. The highest BCUT2D eigenvalue weighted by molar-refractivity contribution is 5.93. The van der Waals surface area contributed by atoms with Crippen molar-refractivity contribution in [3.05, 3.63) is 60.2 Å². The van der Waals surface area contributed by atoms with Crippen molar-refractivity contribution in [2.45, 2.75) is 13.0 Å². The molecule has 2 aromatic carbocycles. The van der Waals surface area contributed by atoms with Crippen LogP contribution in [-0.4, -0.2) is 25.0 Å². The fourth-order valence-electron chi connectivity index (χ4n) is 1.98. The van der Waals surface area contributed by atoms with E-state index in [-0.39, 0.29) is 25.5 Å². The zero-order valence-corrected chi connectivity index (χ0v) is 13.2. The predicted octanol–water partition coefficient (Wildman–Crippen LogP) is 2.10. The summed E-state index contributed by atoms with van der Waals surface area (Å²) in [5.41, 5.74) is 6.60. The summed E-state index contributed by atoms with van der Waals surface area (Å²) < 4.78 is 10.9. The summed E-state index contributed by atoms with van der Waals surface area (Å²) in [6, 6.07) is 16.6. The molecular weight excluding hydrogens is 308 g/mol. The Bertz CT molecular complexity index is 674. The first-order valence-corrected chi connectivity index (χ1v) is 7.57. The van der Waals surface area contributed by atoms with Gasteiger partial charge >= 0.3 is 0 Å². The van der Waals surface area contributed by atoms with Gasteiger partial charge in [-0.15, -0.1) is 0 Å². The van der Waals surface area contributed by atoms with Crippen LogP contribution >= 0.6 is 0 Å². The molecule has 126 valence electrons. The Morgan fingerprint density at radius 2 is 1.71 bits per heavy atom. The Balaban J connectivity index is 1.81. The number of hydrogen-bond donors (Lipinski definition) is 2. The fraction of sp³-hybridized carbons (Fsp3) is 0.222. The number of carbonyl (C=O) groups is 2. The number of ether oxygens (including phenoxy) is 2. The molecule has 0 aromatic heterocycles. The van der Waals surface area contributed by atoms with Crippen LogP contribution in [0.25, 0.3) is 0 Å². The number of rotatable bonds is 9. The van der Waals surface area contributed by atoms with E-state index in [0.717, 1.165) is 5.56 Å². The third-order valence-electron chi connectivity index (χ3n) is 3.11. The molecule has 0 radical (unpaired) electrons. The quantitative estimate of drug-likeness (QED) is 0.737. The van der Waals surface area contributed by atoms with E-state index in [1.165, 1.54) is 0 Å². The van der Waals surface area contributed by atoms with E-state index in [0.29, 0.717) is 18.0 Å². The van der Waals surface area contributed by atoms with Crippen molar-refractivity contribution >= 4 is 17.5 Å². The van der Waals surface area contributed by atoms with Crippen molar-refractivity contribution in [1.29, 1.82) is 0 Å². The van der Waals surface area contributed by atoms with Crippen molar-refractivity contribution in [1.82, 2.24) is 0 Å². The minimum atomic E-state index is -0.439. The van der Waals surface area contributed by atoms with Gasteiger partial charge in [-0.1, -0.05) is 42.5 Å². The van der Waals surface area contributed by atoms with Gasteiger partial charge < -0.3 is 20.5 Å². The Morgan fingerprint density at radius 3 is 2.46 bits per heavy atom. The largest absolute Gasteiger partial charge is 0.491 e. The van der Waals surface area contributed by atoms with Gasteiger partial charge in [-0.25, -0.2) is 0 Å². The van der Waals surface area contributed by atoms with E-state index in [9.17, 15) is 9.59 Å². The van der Waals surface area contributed by atoms with Crippen LogP contribution in [0.15, 0.2) is 54.6 Å². The monoisotopic (exact) mass is 328 g/mol. The van der Waals surface area contributed by atoms with Crippen LogP contribution in [0.4, 0.5) is 5.69 Å². The fourth-order valence-corrected chi connectivity index (χ4v) is 1.98. The maximum atomic E-state index is 12.0. The number of para-hydroxylation sites is 2. The normalized spacial score (nSPS) is 10.2. The molecule has 0 fully saturated rings. The van der Waals surface area contributed by atoms with E-state index in [4.69, 9.17) is 15.2 Å². The summed E-state index contributed by atoms with van der Waals surface area (Å²) in [6.07, 6.45) is 0.114. The molecule has 0 aliphatic carbocycles. The van der Waals surface area contributed by atoms with Crippen LogP contribution in [0.5, 0.6) is 5.75 Å². The van der Waals surface area contributed by atoms with Crippen molar-refractivity contribution in [2.24, 2.45) is 5.73 Å². The lowest BCUT2D eigenvalue weighted by Crippen LogP contribution is -2.19. The molecule has 0 heterocycles. The number of amides is 2. The van der Waals surface area contributed by atoms with Gasteiger partial charge in [-0.05, 0) is 17.7 Å². The summed E-state index contributed by atoms with van der Waals surface area (Å²) in [4.78, 5) is 22.7. The molecule has 0 aliphatic heterocycles. The molecule has 0 spiro atoms. The molecule has 24 heavy (non-hydrogen) atoms. The smallest absolute Gasteiger partial charge is 0.250 e. The molecular formula is C18H20N2O4. The van der Waals surface area contributed by atoms with E-state index in [2.05, 4.69) is 5.32 Å². The van der Waals surface area contributed by atoms with Crippen LogP contribution in [-0.2, 0) is 20.9 Å². The number of nitrogens with one attached hydrogen (secondary N) is 1. The third kappa shape index (κ3) is 6.10. The summed E-state index contributed by atoms with van der Waals surface area (Å²) in [5, 5.41) is 2.73. The first kappa shape index (κ1) is 17.5. The lowest BCUT2D eigenvalue weighted by Gasteiger charge is -2.12. The molecule has 2 aromatic rings. The van der Waals surface area contributed by atoms with Gasteiger partial charge in [0.1, 0.15) is 12.4 Å². The Morgan fingerprint density at radius 1 is 1.00 bits per heavy atom. The van der Waals surface area contributed by atoms with Gasteiger partial charge in [-0.3, -0.25) is 9.59 Å². The highest BCUT2D eigenvalue weighted by atomic mass is 16.5. The molecule has 6 heteroatoms. The molecule has 0 aliphatic rings. The Labute approximate surface area is 140 Å². The van der Waals surface area contributed by atoms with E-state index in [1.807, 2.05) is 30.3 Å². The van der Waals surface area contributed by atoms with E-state index in [1.54, 1.807) is 24.3 Å². The average Bonchev–Trinajstić information content (AvgIpc) is 2.57. The molecule has 0 saturated carbocycles. The van der Waals surface area contributed by atoms with Crippen molar-refractivity contribution in [3.8, 4) is 5.75 Å². The van der Waals surface area contributed by atoms with Crippen molar-refractivity contribution < 1.29 is 19.1 Å². The van der Waals surface area contributed by atoms with Crippen LogP contribution in [0, 0.1) is 0 Å². The SMILES string of the molecule is NC(=O)CCOc1ccccc1NC(=O)COCc1ccccc1. The molecule has 2 amide bonds. The number of carbonyl (C=O) groups excluding carboxylic acids is 2. The Kier molecular flexibility index (Phi) is 6.79. The van der Waals surface area contributed by atoms with Gasteiger partial charge in [0.2, 0.25) is 11.8 Å². The van der Waals surface area contributed by atoms with Gasteiger partial charge in [-0.2, -0.15) is 0 Å². The van der Waals surface area contributed by atoms with Gasteiger partial charge in [0.05, 0.1) is 25.3 Å². The Hall–Kier alpha value is -2.86. The first-order valence-electron chi connectivity index (χ1n) is 7.57. The molecule has 6 nitrogen and oxygen atoms in total. The maximum Gasteiger partial charge on any atom is 0.250 e. The molecule has 0 atom stereocenters. The van der Waals surface area contributed by atoms with E-state index >= 15 is 0 Å². The minimum Gasteiger partial charge on any atom is -0.491 e. The maximum absolute atomic E-state index is 12.0.